The van der Waals surface area contributed by atoms with Gasteiger partial charge in [0, 0.05) is 22.1 Å². The molecule has 1 atom stereocenters. The van der Waals surface area contributed by atoms with Crippen LogP contribution in [0.4, 0.5) is 0 Å². The van der Waals surface area contributed by atoms with Crippen molar-refractivity contribution >= 4 is 62.3 Å². The normalized spacial score (nSPS) is 18.9. The van der Waals surface area contributed by atoms with Crippen molar-refractivity contribution in [2.75, 3.05) is 6.26 Å². The number of fused-ring (bicyclic) bond motifs is 5. The van der Waals surface area contributed by atoms with Crippen LogP contribution in [0.25, 0.3) is 15.9 Å². The summed E-state index contributed by atoms with van der Waals surface area (Å²) in [5, 5.41) is 12.8. The summed E-state index contributed by atoms with van der Waals surface area (Å²) in [6.45, 7) is 5.01. The molecule has 0 unspecified atom stereocenters. The van der Waals surface area contributed by atoms with E-state index in [1.807, 2.05) is 30.5 Å². The molecule has 0 saturated heterocycles. The summed E-state index contributed by atoms with van der Waals surface area (Å²) in [7, 11) is 0. The molecule has 0 N–H and O–H groups in total. The van der Waals surface area contributed by atoms with Crippen LogP contribution in [0.1, 0.15) is 36.3 Å². The van der Waals surface area contributed by atoms with Crippen LogP contribution in [0.5, 0.6) is 0 Å². The molecular weight excluding hydrogens is 456 g/mol. The van der Waals surface area contributed by atoms with Gasteiger partial charge in [0.1, 0.15) is 4.83 Å². The molecule has 30 heavy (non-hydrogen) atoms. The fourth-order valence-electron chi connectivity index (χ4n) is 3.73. The molecule has 0 fully saturated rings. The number of rotatable bonds is 5. The number of thioether (sulfide) groups is 2. The second-order valence-electron chi connectivity index (χ2n) is 7.57. The number of hydrogen-bond donors (Lipinski definition) is 0. The molecule has 1 aliphatic heterocycles. The standard InChI is InChI=1S/C21H21ClN4OS3/c1-4-21(2)9-13-15(10-27-21)30-18-16(13)17-24-25-20(26(17)19(23-18)28-3)29-11-12-7-5-6-8-14(12)22/h5-8H,4,9-11H2,1-3H3/t21-/m1/s1. The van der Waals surface area contributed by atoms with Gasteiger partial charge in [0.2, 0.25) is 0 Å². The van der Waals surface area contributed by atoms with Crippen molar-refractivity contribution in [2.24, 2.45) is 0 Å². The first-order valence-corrected chi connectivity index (χ1v) is 13.2. The minimum Gasteiger partial charge on any atom is -0.369 e. The third-order valence-electron chi connectivity index (χ3n) is 5.67. The largest absolute Gasteiger partial charge is 0.369 e. The Morgan fingerprint density at radius 3 is 2.87 bits per heavy atom. The number of thiophene rings is 1. The van der Waals surface area contributed by atoms with Gasteiger partial charge in [0.25, 0.3) is 0 Å². The van der Waals surface area contributed by atoms with E-state index in [4.69, 9.17) is 21.3 Å². The lowest BCUT2D eigenvalue weighted by atomic mass is 9.90. The van der Waals surface area contributed by atoms with Crippen molar-refractivity contribution in [3.8, 4) is 0 Å². The van der Waals surface area contributed by atoms with Crippen LogP contribution in [0.3, 0.4) is 0 Å². The average Bonchev–Trinajstić information content (AvgIpc) is 3.33. The summed E-state index contributed by atoms with van der Waals surface area (Å²) in [5.41, 5.74) is 3.16. The van der Waals surface area contributed by atoms with E-state index in [1.54, 1.807) is 34.9 Å². The number of benzene rings is 1. The third kappa shape index (κ3) is 3.42. The molecular formula is C21H21ClN4OS3. The maximum absolute atomic E-state index is 6.34. The molecule has 0 amide bonds. The van der Waals surface area contributed by atoms with Crippen LogP contribution in [0, 0.1) is 0 Å². The Kier molecular flexibility index (Phi) is 5.48. The van der Waals surface area contributed by atoms with Crippen LogP contribution in [0.2, 0.25) is 5.02 Å². The summed E-state index contributed by atoms with van der Waals surface area (Å²) in [6.07, 6.45) is 3.90. The lowest BCUT2D eigenvalue weighted by Crippen LogP contribution is -2.33. The van der Waals surface area contributed by atoms with Crippen LogP contribution < -0.4 is 0 Å². The first-order chi connectivity index (χ1) is 14.5. The highest BCUT2D eigenvalue weighted by atomic mass is 35.5. The smallest absolute Gasteiger partial charge is 0.198 e. The van der Waals surface area contributed by atoms with E-state index in [2.05, 4.69) is 28.4 Å². The summed E-state index contributed by atoms with van der Waals surface area (Å²) < 4.78 is 8.26. The van der Waals surface area contributed by atoms with E-state index in [9.17, 15) is 0 Å². The van der Waals surface area contributed by atoms with Crippen molar-refractivity contribution in [3.05, 3.63) is 45.3 Å². The van der Waals surface area contributed by atoms with E-state index in [-0.39, 0.29) is 5.60 Å². The van der Waals surface area contributed by atoms with Crippen molar-refractivity contribution in [3.63, 3.8) is 0 Å². The summed E-state index contributed by atoms with van der Waals surface area (Å²) in [4.78, 5) is 7.26. The van der Waals surface area contributed by atoms with Gasteiger partial charge in [-0.05, 0) is 36.8 Å². The van der Waals surface area contributed by atoms with Gasteiger partial charge in [-0.1, -0.05) is 60.2 Å². The molecule has 4 heterocycles. The lowest BCUT2D eigenvalue weighted by molar-refractivity contribution is -0.0542. The monoisotopic (exact) mass is 476 g/mol. The number of ether oxygens (including phenoxy) is 1. The molecule has 1 aliphatic rings. The Morgan fingerprint density at radius 1 is 1.27 bits per heavy atom. The molecule has 0 radical (unpaired) electrons. The number of aromatic nitrogens is 4. The van der Waals surface area contributed by atoms with Crippen LogP contribution in [0.15, 0.2) is 34.6 Å². The van der Waals surface area contributed by atoms with Gasteiger partial charge < -0.3 is 4.74 Å². The van der Waals surface area contributed by atoms with E-state index in [0.29, 0.717) is 6.61 Å². The highest BCUT2D eigenvalue weighted by Crippen LogP contribution is 2.42. The first-order valence-electron chi connectivity index (χ1n) is 9.76. The SMILES string of the molecule is CC[C@]1(C)Cc2c(sc3nc(SC)n4c(SCc5ccccc5Cl)nnc4c23)CO1. The maximum Gasteiger partial charge on any atom is 0.198 e. The predicted molar refractivity (Wildman–Crippen MR) is 126 cm³/mol. The summed E-state index contributed by atoms with van der Waals surface area (Å²) in [6, 6.07) is 7.92. The van der Waals surface area contributed by atoms with Gasteiger partial charge in [-0.2, -0.15) is 0 Å². The zero-order chi connectivity index (χ0) is 20.9. The number of hydrogen-bond acceptors (Lipinski definition) is 7. The molecule has 156 valence electrons. The van der Waals surface area contributed by atoms with Crippen molar-refractivity contribution in [1.82, 2.24) is 19.6 Å². The minimum atomic E-state index is -0.141. The maximum atomic E-state index is 6.34. The number of nitrogens with zero attached hydrogens (tertiary/aromatic N) is 4. The fourth-order valence-corrected chi connectivity index (χ4v) is 6.70. The molecule has 4 aromatic rings. The summed E-state index contributed by atoms with van der Waals surface area (Å²) in [5.74, 6) is 0.732. The van der Waals surface area contributed by atoms with Crippen LogP contribution >= 0.6 is 46.5 Å². The molecule has 0 aliphatic carbocycles. The van der Waals surface area contributed by atoms with Gasteiger partial charge in [-0.25, -0.2) is 9.38 Å². The average molecular weight is 477 g/mol. The van der Waals surface area contributed by atoms with Crippen LogP contribution in [-0.4, -0.2) is 31.4 Å². The third-order valence-corrected chi connectivity index (χ3v) is 8.75. The van der Waals surface area contributed by atoms with Gasteiger partial charge in [-0.3, -0.25) is 0 Å². The van der Waals surface area contributed by atoms with E-state index >= 15 is 0 Å². The van der Waals surface area contributed by atoms with Gasteiger partial charge in [0.05, 0.1) is 17.6 Å². The highest BCUT2D eigenvalue weighted by Gasteiger charge is 2.33. The molecule has 3 aromatic heterocycles. The Hall–Kier alpha value is -1.32. The van der Waals surface area contributed by atoms with Gasteiger partial charge >= 0.3 is 0 Å². The molecule has 1 aromatic carbocycles. The van der Waals surface area contributed by atoms with E-state index in [1.165, 1.54) is 10.4 Å². The Balaban J connectivity index is 1.62. The van der Waals surface area contributed by atoms with E-state index in [0.717, 1.165) is 55.4 Å². The second kappa shape index (κ2) is 7.98. The molecule has 0 saturated carbocycles. The topological polar surface area (TPSA) is 52.3 Å². The summed E-state index contributed by atoms with van der Waals surface area (Å²) >= 11 is 11.3. The molecule has 5 nitrogen and oxygen atoms in total. The van der Waals surface area contributed by atoms with Crippen LogP contribution in [-0.2, 0) is 23.5 Å². The molecule has 0 spiro atoms. The van der Waals surface area contributed by atoms with Crippen molar-refractivity contribution < 1.29 is 4.74 Å². The van der Waals surface area contributed by atoms with Gasteiger partial charge in [-0.15, -0.1) is 21.5 Å². The second-order valence-corrected chi connectivity index (χ2v) is 10.8. The zero-order valence-corrected chi connectivity index (χ0v) is 20.1. The first kappa shape index (κ1) is 20.6. The highest BCUT2D eigenvalue weighted by molar-refractivity contribution is 7.99. The molecule has 9 heteroatoms. The minimum absolute atomic E-state index is 0.141. The van der Waals surface area contributed by atoms with Crippen molar-refractivity contribution in [2.45, 2.75) is 55.0 Å². The predicted octanol–water partition coefficient (Wildman–Crippen LogP) is 6.25. The zero-order valence-electron chi connectivity index (χ0n) is 16.9. The molecule has 0 bridgehead atoms. The molecule has 5 rings (SSSR count). The van der Waals surface area contributed by atoms with E-state index < -0.39 is 0 Å². The Bertz CT molecular complexity index is 1250. The number of halogens is 1. The quantitative estimate of drug-likeness (QED) is 0.250. The van der Waals surface area contributed by atoms with Gasteiger partial charge in [0.15, 0.2) is 16.0 Å². The Morgan fingerprint density at radius 2 is 2.10 bits per heavy atom. The lowest BCUT2D eigenvalue weighted by Gasteiger charge is -2.32. The van der Waals surface area contributed by atoms with Crippen molar-refractivity contribution in [1.29, 1.82) is 0 Å². The Labute approximate surface area is 192 Å². The fraction of sp³-hybridized carbons (Fsp3) is 0.381.